The second kappa shape index (κ2) is 8.26. The first-order valence-corrected chi connectivity index (χ1v) is 6.81. The fourth-order valence-electron chi connectivity index (χ4n) is 1.64. The molecule has 0 spiro atoms. The molecule has 21 heavy (non-hydrogen) atoms. The molecule has 116 valence electrons. The Labute approximate surface area is 124 Å². The normalized spacial score (nSPS) is 10.5. The van der Waals surface area contributed by atoms with Gasteiger partial charge in [0.15, 0.2) is 5.75 Å². The number of benzene rings is 1. The highest BCUT2D eigenvalue weighted by Gasteiger charge is 2.16. The molecule has 1 rings (SSSR count). The van der Waals surface area contributed by atoms with Gasteiger partial charge < -0.3 is 14.8 Å². The molecule has 0 amide bonds. The molecule has 0 saturated heterocycles. The topological polar surface area (TPSA) is 73.6 Å². The van der Waals surface area contributed by atoms with Crippen molar-refractivity contribution in [3.05, 3.63) is 40.5 Å². The van der Waals surface area contributed by atoms with Crippen LogP contribution >= 0.6 is 0 Å². The van der Waals surface area contributed by atoms with Crippen molar-refractivity contribution >= 4 is 11.4 Å². The first-order valence-electron chi connectivity index (χ1n) is 6.81. The minimum Gasteiger partial charge on any atom is -0.484 e. The lowest BCUT2D eigenvalue weighted by molar-refractivity contribution is -0.386. The smallest absolute Gasteiger partial charge is 0.311 e. The van der Waals surface area contributed by atoms with Gasteiger partial charge in [-0.25, -0.2) is 0 Å². The fraction of sp³-hybridized carbons (Fsp3) is 0.467. The molecule has 6 nitrogen and oxygen atoms in total. The first kappa shape index (κ1) is 17.0. The second-order valence-electron chi connectivity index (χ2n) is 5.04. The van der Waals surface area contributed by atoms with Crippen LogP contribution in [0.3, 0.4) is 0 Å². The van der Waals surface area contributed by atoms with Gasteiger partial charge in [0.05, 0.1) is 24.2 Å². The Hall–Kier alpha value is -2.08. The lowest BCUT2D eigenvalue weighted by Gasteiger charge is -2.12. The Bertz CT molecular complexity index is 500. The summed E-state index contributed by atoms with van der Waals surface area (Å²) in [6.45, 7) is 11.0. The third kappa shape index (κ3) is 6.27. The summed E-state index contributed by atoms with van der Waals surface area (Å²) in [6.07, 6.45) is -0.127. The van der Waals surface area contributed by atoms with E-state index in [9.17, 15) is 10.1 Å². The van der Waals surface area contributed by atoms with Crippen molar-refractivity contribution in [1.29, 1.82) is 0 Å². The van der Waals surface area contributed by atoms with E-state index in [0.29, 0.717) is 19.8 Å². The third-order valence-corrected chi connectivity index (χ3v) is 2.44. The molecule has 0 radical (unpaired) electrons. The number of nitro groups is 1. The minimum absolute atomic E-state index is 0.0345. The Morgan fingerprint density at radius 1 is 1.48 bits per heavy atom. The molecule has 0 unspecified atom stereocenters. The summed E-state index contributed by atoms with van der Waals surface area (Å²) in [5.41, 5.74) is 1.70. The summed E-state index contributed by atoms with van der Waals surface area (Å²) < 4.78 is 10.9. The Morgan fingerprint density at radius 3 is 2.76 bits per heavy atom. The summed E-state index contributed by atoms with van der Waals surface area (Å²) in [5.74, 6) is 0.267. The molecule has 1 aromatic carbocycles. The highest BCUT2D eigenvalue weighted by molar-refractivity contribution is 5.58. The van der Waals surface area contributed by atoms with Gasteiger partial charge in [-0.2, -0.15) is 0 Å². The van der Waals surface area contributed by atoms with Crippen LogP contribution in [0, 0.1) is 10.1 Å². The number of rotatable bonds is 9. The van der Waals surface area contributed by atoms with Gasteiger partial charge in [-0.15, -0.1) is 0 Å². The van der Waals surface area contributed by atoms with Gasteiger partial charge in [-0.05, 0) is 26.8 Å². The van der Waals surface area contributed by atoms with Crippen LogP contribution in [0.25, 0.3) is 0 Å². The number of anilines is 1. The highest BCUT2D eigenvalue weighted by atomic mass is 16.6. The molecule has 1 N–H and O–H groups in total. The van der Waals surface area contributed by atoms with Crippen LogP contribution in [0.15, 0.2) is 30.4 Å². The zero-order valence-corrected chi connectivity index (χ0v) is 12.7. The van der Waals surface area contributed by atoms with Crippen molar-refractivity contribution in [2.75, 3.05) is 25.1 Å². The summed E-state index contributed by atoms with van der Waals surface area (Å²) in [7, 11) is 0. The predicted octanol–water partition coefficient (Wildman–Crippen LogP) is 3.39. The maximum Gasteiger partial charge on any atom is 0.311 e. The van der Waals surface area contributed by atoms with Crippen molar-refractivity contribution in [3.8, 4) is 5.75 Å². The Balaban J connectivity index is 2.63. The zero-order chi connectivity index (χ0) is 15.8. The van der Waals surface area contributed by atoms with Crippen LogP contribution in [0.5, 0.6) is 5.75 Å². The second-order valence-corrected chi connectivity index (χ2v) is 5.04. The predicted molar refractivity (Wildman–Crippen MR) is 83.0 cm³/mol. The van der Waals surface area contributed by atoms with E-state index in [0.717, 1.165) is 11.3 Å². The molecule has 0 heterocycles. The molecule has 0 aromatic heterocycles. The lowest BCUT2D eigenvalue weighted by atomic mass is 10.2. The first-order chi connectivity index (χ1) is 9.90. The number of nitro benzene ring substituents is 1. The molecule has 0 aliphatic carbocycles. The summed E-state index contributed by atoms with van der Waals surface area (Å²) in [5, 5.41) is 14.1. The maximum absolute atomic E-state index is 11.0. The van der Waals surface area contributed by atoms with Crippen molar-refractivity contribution in [2.45, 2.75) is 26.9 Å². The van der Waals surface area contributed by atoms with Crippen LogP contribution in [0.2, 0.25) is 0 Å². The van der Waals surface area contributed by atoms with Crippen LogP contribution in [-0.4, -0.2) is 30.8 Å². The van der Waals surface area contributed by atoms with E-state index in [1.54, 1.807) is 12.1 Å². The van der Waals surface area contributed by atoms with E-state index in [1.807, 2.05) is 20.8 Å². The molecule has 0 saturated carbocycles. The highest BCUT2D eigenvalue weighted by Crippen LogP contribution is 2.30. The average Bonchev–Trinajstić information content (AvgIpc) is 2.37. The zero-order valence-electron chi connectivity index (χ0n) is 12.7. The van der Waals surface area contributed by atoms with E-state index in [-0.39, 0.29) is 17.5 Å². The van der Waals surface area contributed by atoms with Crippen molar-refractivity contribution in [3.63, 3.8) is 0 Å². The van der Waals surface area contributed by atoms with Crippen molar-refractivity contribution < 1.29 is 14.4 Å². The molecule has 0 fully saturated rings. The number of ether oxygens (including phenoxy) is 2. The molecule has 0 bridgehead atoms. The van der Waals surface area contributed by atoms with Crippen LogP contribution < -0.4 is 10.1 Å². The van der Waals surface area contributed by atoms with Crippen molar-refractivity contribution in [1.82, 2.24) is 0 Å². The molecule has 0 aliphatic rings. The molecule has 6 heteroatoms. The van der Waals surface area contributed by atoms with E-state index >= 15 is 0 Å². The molecular formula is C15H22N2O4. The Morgan fingerprint density at radius 2 is 2.19 bits per heavy atom. The fourth-order valence-corrected chi connectivity index (χ4v) is 1.64. The van der Waals surface area contributed by atoms with Gasteiger partial charge in [-0.1, -0.05) is 12.2 Å². The summed E-state index contributed by atoms with van der Waals surface area (Å²) >= 11 is 0. The minimum atomic E-state index is -0.447. The largest absolute Gasteiger partial charge is 0.484 e. The quantitative estimate of drug-likeness (QED) is 0.327. The van der Waals surface area contributed by atoms with E-state index in [2.05, 4.69) is 11.9 Å². The van der Waals surface area contributed by atoms with E-state index < -0.39 is 4.92 Å². The maximum atomic E-state index is 11.0. The third-order valence-electron chi connectivity index (χ3n) is 2.44. The number of hydrogen-bond donors (Lipinski definition) is 1. The van der Waals surface area contributed by atoms with Gasteiger partial charge in [0.1, 0.15) is 0 Å². The lowest BCUT2D eigenvalue weighted by Crippen LogP contribution is -2.11. The molecule has 0 aliphatic heterocycles. The molecular weight excluding hydrogens is 272 g/mol. The van der Waals surface area contributed by atoms with E-state index in [4.69, 9.17) is 9.47 Å². The van der Waals surface area contributed by atoms with Gasteiger partial charge in [0.2, 0.25) is 0 Å². The van der Waals surface area contributed by atoms with E-state index in [1.165, 1.54) is 6.07 Å². The van der Waals surface area contributed by atoms with Gasteiger partial charge in [-0.3, -0.25) is 10.1 Å². The number of hydrogen-bond acceptors (Lipinski definition) is 5. The number of nitrogens with zero attached hydrogens (tertiary/aromatic N) is 1. The molecule has 1 aromatic rings. The van der Waals surface area contributed by atoms with Crippen LogP contribution in [0.1, 0.15) is 20.8 Å². The summed E-state index contributed by atoms with van der Waals surface area (Å²) in [6, 6.07) is 4.73. The monoisotopic (exact) mass is 294 g/mol. The number of nitrogens with one attached hydrogen (secondary N) is 1. The van der Waals surface area contributed by atoms with Crippen LogP contribution in [-0.2, 0) is 4.74 Å². The summed E-state index contributed by atoms with van der Waals surface area (Å²) in [4.78, 5) is 10.5. The van der Waals surface area contributed by atoms with Crippen molar-refractivity contribution in [2.24, 2.45) is 0 Å². The van der Waals surface area contributed by atoms with Crippen LogP contribution in [0.4, 0.5) is 11.4 Å². The van der Waals surface area contributed by atoms with Gasteiger partial charge in [0, 0.05) is 24.4 Å². The molecule has 0 atom stereocenters. The SMILES string of the molecule is C=C(C)COCCNc1ccc([N+](=O)[O-])c(OC(C)C)c1. The Kier molecular flexibility index (Phi) is 6.68. The van der Waals surface area contributed by atoms with Gasteiger partial charge >= 0.3 is 5.69 Å². The average molecular weight is 294 g/mol. The standard InChI is InChI=1S/C15H22N2O4/c1-11(2)10-20-8-7-16-13-5-6-14(17(18)19)15(9-13)21-12(3)4/h5-6,9,12,16H,1,7-8,10H2,2-4H3. The van der Waals surface area contributed by atoms with Gasteiger partial charge in [0.25, 0.3) is 0 Å².